The van der Waals surface area contributed by atoms with Gasteiger partial charge in [0.2, 0.25) is 0 Å². The van der Waals surface area contributed by atoms with Crippen LogP contribution in [0.4, 0.5) is 0 Å². The molecule has 124 valence electrons. The van der Waals surface area contributed by atoms with Gasteiger partial charge in [0.25, 0.3) is 0 Å². The van der Waals surface area contributed by atoms with Gasteiger partial charge in [-0.3, -0.25) is 4.90 Å². The zero-order chi connectivity index (χ0) is 15.5. The van der Waals surface area contributed by atoms with E-state index >= 15 is 0 Å². The van der Waals surface area contributed by atoms with Gasteiger partial charge in [0, 0.05) is 37.7 Å². The maximum absolute atomic E-state index is 11.7. The molecule has 0 spiro atoms. The summed E-state index contributed by atoms with van der Waals surface area (Å²) in [4.78, 5) is 2.34. The zero-order valence-electron chi connectivity index (χ0n) is 13.6. The van der Waals surface area contributed by atoms with Crippen molar-refractivity contribution in [1.82, 2.24) is 10.2 Å². The molecule has 1 N–H and O–H groups in total. The van der Waals surface area contributed by atoms with Crippen LogP contribution in [-0.4, -0.2) is 70.3 Å². The fraction of sp³-hybridized carbons (Fsp3) is 1.00. The molecule has 2 unspecified atom stereocenters. The van der Waals surface area contributed by atoms with Gasteiger partial charge in [0.1, 0.15) is 0 Å². The number of nitrogens with one attached hydrogen (secondary N) is 1. The van der Waals surface area contributed by atoms with Crippen molar-refractivity contribution in [1.29, 1.82) is 0 Å². The molecule has 2 aliphatic rings. The first-order chi connectivity index (χ1) is 9.82. The Morgan fingerprint density at radius 3 is 2.76 bits per heavy atom. The van der Waals surface area contributed by atoms with Crippen LogP contribution in [0.15, 0.2) is 0 Å². The largest absolute Gasteiger partial charge is 0.381 e. The molecule has 2 atom stereocenters. The summed E-state index contributed by atoms with van der Waals surface area (Å²) in [5.74, 6) is 1.24. The quantitative estimate of drug-likeness (QED) is 0.783. The highest BCUT2D eigenvalue weighted by Crippen LogP contribution is 2.30. The number of hydrogen-bond acceptors (Lipinski definition) is 5. The van der Waals surface area contributed by atoms with Crippen molar-refractivity contribution in [3.63, 3.8) is 0 Å². The van der Waals surface area contributed by atoms with Gasteiger partial charge in [0.05, 0.1) is 18.1 Å². The maximum Gasteiger partial charge on any atom is 0.153 e. The SMILES string of the molecule is CC(C)CNCC1(CN2CCS(=O)(=O)CC2C)CCOC1. The van der Waals surface area contributed by atoms with E-state index in [1.165, 1.54) is 0 Å². The summed E-state index contributed by atoms with van der Waals surface area (Å²) in [5, 5.41) is 3.56. The standard InChI is InChI=1S/C15H30N2O3S/c1-13(2)8-16-10-15(4-6-20-12-15)11-17-5-7-21(18,19)9-14(17)3/h13-14,16H,4-12H2,1-3H3. The summed E-state index contributed by atoms with van der Waals surface area (Å²) >= 11 is 0. The lowest BCUT2D eigenvalue weighted by Crippen LogP contribution is -2.53. The first-order valence-electron chi connectivity index (χ1n) is 8.05. The van der Waals surface area contributed by atoms with Crippen molar-refractivity contribution >= 4 is 9.84 Å². The van der Waals surface area contributed by atoms with E-state index in [4.69, 9.17) is 4.74 Å². The molecule has 2 aliphatic heterocycles. The molecule has 5 nitrogen and oxygen atoms in total. The maximum atomic E-state index is 11.7. The molecule has 2 rings (SSSR count). The Kier molecular flexibility index (Phi) is 5.68. The van der Waals surface area contributed by atoms with Gasteiger partial charge in [-0.05, 0) is 25.8 Å². The van der Waals surface area contributed by atoms with Gasteiger partial charge in [-0.1, -0.05) is 13.8 Å². The Hall–Kier alpha value is -0.170. The van der Waals surface area contributed by atoms with E-state index in [2.05, 4.69) is 24.1 Å². The summed E-state index contributed by atoms with van der Waals surface area (Å²) in [7, 11) is -2.83. The van der Waals surface area contributed by atoms with Crippen LogP contribution in [0.1, 0.15) is 27.2 Å². The lowest BCUT2D eigenvalue weighted by atomic mass is 9.86. The van der Waals surface area contributed by atoms with E-state index in [1.54, 1.807) is 0 Å². The van der Waals surface area contributed by atoms with Crippen LogP contribution in [0.25, 0.3) is 0 Å². The Morgan fingerprint density at radius 2 is 2.19 bits per heavy atom. The summed E-state index contributed by atoms with van der Waals surface area (Å²) in [6.45, 7) is 11.6. The van der Waals surface area contributed by atoms with Gasteiger partial charge >= 0.3 is 0 Å². The predicted molar refractivity (Wildman–Crippen MR) is 85.3 cm³/mol. The normalized spacial score (nSPS) is 33.6. The Morgan fingerprint density at radius 1 is 1.43 bits per heavy atom. The Balaban J connectivity index is 1.93. The minimum Gasteiger partial charge on any atom is -0.381 e. The van der Waals surface area contributed by atoms with Crippen molar-refractivity contribution in [2.45, 2.75) is 33.2 Å². The fourth-order valence-corrected chi connectivity index (χ4v) is 4.92. The predicted octanol–water partition coefficient (Wildman–Crippen LogP) is 0.758. The molecule has 0 aliphatic carbocycles. The topological polar surface area (TPSA) is 58.6 Å². The molecule has 0 aromatic rings. The lowest BCUT2D eigenvalue weighted by molar-refractivity contribution is 0.0941. The molecular formula is C15H30N2O3S. The third kappa shape index (κ3) is 4.91. The van der Waals surface area contributed by atoms with Crippen molar-refractivity contribution < 1.29 is 13.2 Å². The average molecular weight is 318 g/mol. The Labute approximate surface area is 129 Å². The highest BCUT2D eigenvalue weighted by Gasteiger charge is 2.39. The Bertz CT molecular complexity index is 430. The second kappa shape index (κ2) is 6.94. The molecule has 21 heavy (non-hydrogen) atoms. The van der Waals surface area contributed by atoms with Crippen LogP contribution in [0.2, 0.25) is 0 Å². The zero-order valence-corrected chi connectivity index (χ0v) is 14.4. The minimum absolute atomic E-state index is 0.117. The molecule has 2 heterocycles. The molecule has 0 aromatic heterocycles. The van der Waals surface area contributed by atoms with E-state index in [1.807, 2.05) is 6.92 Å². The molecule has 0 amide bonds. The van der Waals surface area contributed by atoms with E-state index in [0.717, 1.165) is 39.3 Å². The van der Waals surface area contributed by atoms with Crippen molar-refractivity contribution in [3.05, 3.63) is 0 Å². The molecule has 6 heteroatoms. The number of ether oxygens (including phenoxy) is 1. The van der Waals surface area contributed by atoms with Crippen molar-refractivity contribution in [3.8, 4) is 0 Å². The van der Waals surface area contributed by atoms with Gasteiger partial charge in [-0.15, -0.1) is 0 Å². The van der Waals surface area contributed by atoms with E-state index in [9.17, 15) is 8.42 Å². The van der Waals surface area contributed by atoms with Crippen LogP contribution < -0.4 is 5.32 Å². The second-order valence-corrected chi connectivity index (χ2v) is 9.49. The van der Waals surface area contributed by atoms with Gasteiger partial charge in [-0.25, -0.2) is 8.42 Å². The van der Waals surface area contributed by atoms with Gasteiger partial charge in [0.15, 0.2) is 9.84 Å². The van der Waals surface area contributed by atoms with Crippen molar-refractivity contribution in [2.24, 2.45) is 11.3 Å². The number of rotatable bonds is 6. The first-order valence-corrected chi connectivity index (χ1v) is 9.87. The van der Waals surface area contributed by atoms with Crippen LogP contribution >= 0.6 is 0 Å². The van der Waals surface area contributed by atoms with Crippen LogP contribution in [0, 0.1) is 11.3 Å². The molecule has 0 saturated carbocycles. The van der Waals surface area contributed by atoms with Crippen molar-refractivity contribution in [2.75, 3.05) is 50.9 Å². The summed E-state index contributed by atoms with van der Waals surface area (Å²) in [5.41, 5.74) is 0.143. The van der Waals surface area contributed by atoms with Gasteiger partial charge < -0.3 is 10.1 Å². The summed E-state index contributed by atoms with van der Waals surface area (Å²) in [6, 6.07) is 0.117. The summed E-state index contributed by atoms with van der Waals surface area (Å²) in [6.07, 6.45) is 1.06. The molecule has 0 radical (unpaired) electrons. The lowest BCUT2D eigenvalue weighted by Gasteiger charge is -2.40. The fourth-order valence-electron chi connectivity index (χ4n) is 3.29. The van der Waals surface area contributed by atoms with E-state index in [-0.39, 0.29) is 11.5 Å². The smallest absolute Gasteiger partial charge is 0.153 e. The van der Waals surface area contributed by atoms with Crippen LogP contribution in [0.5, 0.6) is 0 Å². The first kappa shape index (κ1) is 17.2. The highest BCUT2D eigenvalue weighted by atomic mass is 32.2. The van der Waals surface area contributed by atoms with Gasteiger partial charge in [-0.2, -0.15) is 0 Å². The van der Waals surface area contributed by atoms with E-state index < -0.39 is 9.84 Å². The number of nitrogens with zero attached hydrogens (tertiary/aromatic N) is 1. The van der Waals surface area contributed by atoms with Crippen LogP contribution in [-0.2, 0) is 14.6 Å². The molecule has 2 fully saturated rings. The highest BCUT2D eigenvalue weighted by molar-refractivity contribution is 7.91. The number of hydrogen-bond donors (Lipinski definition) is 1. The number of sulfone groups is 1. The van der Waals surface area contributed by atoms with Crippen LogP contribution in [0.3, 0.4) is 0 Å². The second-order valence-electron chi connectivity index (χ2n) is 7.26. The third-order valence-corrected chi connectivity index (χ3v) is 6.38. The monoisotopic (exact) mass is 318 g/mol. The molecule has 0 aromatic carbocycles. The summed E-state index contributed by atoms with van der Waals surface area (Å²) < 4.78 is 29.1. The molecular weight excluding hydrogens is 288 g/mol. The molecule has 0 bridgehead atoms. The minimum atomic E-state index is -2.83. The third-order valence-electron chi connectivity index (χ3n) is 4.58. The van der Waals surface area contributed by atoms with E-state index in [0.29, 0.717) is 24.0 Å². The average Bonchev–Trinajstić information content (AvgIpc) is 2.81. The molecule has 2 saturated heterocycles.